The number of aromatic nitrogens is 3. The molecule has 0 unspecified atom stereocenters. The normalized spacial score (nSPS) is 14.6. The Kier molecular flexibility index (Phi) is 6.92. The van der Waals surface area contributed by atoms with Crippen LogP contribution in [0.2, 0.25) is 0 Å². The Hall–Kier alpha value is -5.28. The van der Waals surface area contributed by atoms with E-state index in [1.54, 1.807) is 12.4 Å². The molecule has 3 heterocycles. The maximum absolute atomic E-state index is 12.9. The van der Waals surface area contributed by atoms with Gasteiger partial charge < -0.3 is 20.6 Å². The summed E-state index contributed by atoms with van der Waals surface area (Å²) < 4.78 is 1.82. The standard InChI is InChI=1S/C34H30N6O3/c41-30-14-16-39(17-15-30)28-9-4-22(5-10-28)33(42)38-27-8-13-32-24(19-27)21-36-40(32)29-11-6-26(7-12-29)37-34(43)25-18-23-2-1-3-31(23)35-20-25/h1,3-13,18-21,30,41H,2,14-17H2,(H,37,43)(H,38,42). The van der Waals surface area contributed by atoms with Crippen LogP contribution in [0.3, 0.4) is 0 Å². The lowest BCUT2D eigenvalue weighted by Gasteiger charge is -2.31. The zero-order valence-corrected chi connectivity index (χ0v) is 23.4. The first-order valence-electron chi connectivity index (χ1n) is 14.4. The van der Waals surface area contributed by atoms with Gasteiger partial charge in [-0.05, 0) is 104 Å². The van der Waals surface area contributed by atoms with Crippen LogP contribution in [0.5, 0.6) is 0 Å². The molecule has 0 atom stereocenters. The minimum Gasteiger partial charge on any atom is -0.393 e. The van der Waals surface area contributed by atoms with E-state index in [-0.39, 0.29) is 17.9 Å². The molecule has 1 aliphatic heterocycles. The van der Waals surface area contributed by atoms with Crippen LogP contribution in [0, 0.1) is 0 Å². The Morgan fingerprint density at radius 2 is 1.49 bits per heavy atom. The monoisotopic (exact) mass is 570 g/mol. The summed E-state index contributed by atoms with van der Waals surface area (Å²) in [6.07, 6.45) is 9.47. The van der Waals surface area contributed by atoms with E-state index in [1.165, 1.54) is 0 Å². The average Bonchev–Trinajstić information content (AvgIpc) is 3.68. The number of pyridine rings is 1. The van der Waals surface area contributed by atoms with Crippen molar-refractivity contribution >= 4 is 45.9 Å². The van der Waals surface area contributed by atoms with E-state index in [9.17, 15) is 14.7 Å². The minimum absolute atomic E-state index is 0.183. The van der Waals surface area contributed by atoms with Crippen molar-refractivity contribution in [2.45, 2.75) is 25.4 Å². The second kappa shape index (κ2) is 11.2. The maximum Gasteiger partial charge on any atom is 0.257 e. The third-order valence-electron chi connectivity index (χ3n) is 8.03. The first-order chi connectivity index (χ1) is 21.0. The Bertz CT molecular complexity index is 1850. The number of aliphatic hydroxyl groups excluding tert-OH is 1. The van der Waals surface area contributed by atoms with Crippen LogP contribution in [0.15, 0.2) is 91.3 Å². The first kappa shape index (κ1) is 26.6. The minimum atomic E-state index is -0.220. The number of piperidine rings is 1. The first-order valence-corrected chi connectivity index (χ1v) is 14.4. The fourth-order valence-corrected chi connectivity index (χ4v) is 5.61. The molecule has 1 fully saturated rings. The SMILES string of the molecule is O=C(Nc1ccc2c(cnn2-c2ccc(NC(=O)c3cnc4c(c3)CC=C4)cc2)c1)c1ccc(N2CCC(O)CC2)cc1. The lowest BCUT2D eigenvalue weighted by atomic mass is 10.1. The van der Waals surface area contributed by atoms with Crippen molar-refractivity contribution in [1.82, 2.24) is 14.8 Å². The van der Waals surface area contributed by atoms with Crippen LogP contribution in [0.1, 0.15) is 44.8 Å². The number of nitrogens with one attached hydrogen (secondary N) is 2. The van der Waals surface area contributed by atoms with Crippen molar-refractivity contribution < 1.29 is 14.7 Å². The Morgan fingerprint density at radius 1 is 0.791 bits per heavy atom. The zero-order valence-electron chi connectivity index (χ0n) is 23.4. The molecule has 3 N–H and O–H groups in total. The number of hydrogen-bond acceptors (Lipinski definition) is 6. The molecule has 9 heteroatoms. The number of anilines is 3. The van der Waals surface area contributed by atoms with Crippen LogP contribution in [-0.4, -0.2) is 50.9 Å². The van der Waals surface area contributed by atoms with E-state index in [1.807, 2.05) is 89.6 Å². The number of nitrogens with zero attached hydrogens (tertiary/aromatic N) is 4. The highest BCUT2D eigenvalue weighted by Gasteiger charge is 2.18. The molecule has 43 heavy (non-hydrogen) atoms. The second-order valence-electron chi connectivity index (χ2n) is 10.9. The number of allylic oxidation sites excluding steroid dienone is 1. The van der Waals surface area contributed by atoms with Gasteiger partial charge in [0.2, 0.25) is 0 Å². The number of fused-ring (bicyclic) bond motifs is 2. The van der Waals surface area contributed by atoms with E-state index in [4.69, 9.17) is 0 Å². The summed E-state index contributed by atoms with van der Waals surface area (Å²) in [5.41, 5.74) is 7.24. The molecule has 3 aromatic carbocycles. The van der Waals surface area contributed by atoms with E-state index < -0.39 is 0 Å². The summed E-state index contributed by atoms with van der Waals surface area (Å²) >= 11 is 0. The van der Waals surface area contributed by atoms with Gasteiger partial charge in [-0.2, -0.15) is 5.10 Å². The van der Waals surface area contributed by atoms with Crippen molar-refractivity contribution in [3.05, 3.63) is 114 Å². The number of benzene rings is 3. The van der Waals surface area contributed by atoms with Gasteiger partial charge in [-0.1, -0.05) is 6.08 Å². The molecular weight excluding hydrogens is 540 g/mol. The molecule has 0 saturated carbocycles. The highest BCUT2D eigenvalue weighted by molar-refractivity contribution is 6.05. The lowest BCUT2D eigenvalue weighted by molar-refractivity contribution is 0.101. The Labute approximate surface area is 248 Å². The van der Waals surface area contributed by atoms with E-state index in [0.29, 0.717) is 22.5 Å². The number of amides is 2. The number of rotatable bonds is 6. The third kappa shape index (κ3) is 5.50. The topological polar surface area (TPSA) is 112 Å². The van der Waals surface area contributed by atoms with Crippen molar-refractivity contribution in [2.75, 3.05) is 28.6 Å². The number of aliphatic hydroxyl groups is 1. The molecule has 214 valence electrons. The van der Waals surface area contributed by atoms with Gasteiger partial charge in [-0.15, -0.1) is 0 Å². The lowest BCUT2D eigenvalue weighted by Crippen LogP contribution is -2.35. The van der Waals surface area contributed by atoms with Crippen molar-refractivity contribution in [1.29, 1.82) is 0 Å². The van der Waals surface area contributed by atoms with Gasteiger partial charge >= 0.3 is 0 Å². The van der Waals surface area contributed by atoms with Gasteiger partial charge in [0.1, 0.15) is 0 Å². The van der Waals surface area contributed by atoms with Gasteiger partial charge in [0, 0.05) is 47.3 Å². The van der Waals surface area contributed by atoms with Gasteiger partial charge in [-0.3, -0.25) is 14.6 Å². The molecule has 1 aliphatic carbocycles. The molecule has 1 saturated heterocycles. The average molecular weight is 571 g/mol. The molecule has 0 radical (unpaired) electrons. The van der Waals surface area contributed by atoms with Crippen LogP contribution >= 0.6 is 0 Å². The number of carbonyl (C=O) groups is 2. The molecule has 2 amide bonds. The van der Waals surface area contributed by atoms with Crippen molar-refractivity contribution in [3.63, 3.8) is 0 Å². The molecule has 2 aliphatic rings. The fraction of sp³-hybridized carbons (Fsp3) is 0.176. The third-order valence-corrected chi connectivity index (χ3v) is 8.03. The van der Waals surface area contributed by atoms with Crippen LogP contribution in [-0.2, 0) is 6.42 Å². The van der Waals surface area contributed by atoms with Gasteiger partial charge in [0.05, 0.1) is 34.8 Å². The fourth-order valence-electron chi connectivity index (χ4n) is 5.61. The Balaban J connectivity index is 1.00. The van der Waals surface area contributed by atoms with E-state index in [0.717, 1.165) is 65.9 Å². The van der Waals surface area contributed by atoms with Gasteiger partial charge in [-0.25, -0.2) is 4.68 Å². The predicted octanol–water partition coefficient (Wildman–Crippen LogP) is 5.46. The molecule has 0 bridgehead atoms. The quantitative estimate of drug-likeness (QED) is 0.250. The highest BCUT2D eigenvalue weighted by atomic mass is 16.3. The summed E-state index contributed by atoms with van der Waals surface area (Å²) in [5, 5.41) is 21.1. The summed E-state index contributed by atoms with van der Waals surface area (Å²) in [7, 11) is 0. The summed E-state index contributed by atoms with van der Waals surface area (Å²) in [6, 6.07) is 22.6. The second-order valence-corrected chi connectivity index (χ2v) is 10.9. The molecule has 2 aromatic heterocycles. The molecule has 7 rings (SSSR count). The highest BCUT2D eigenvalue weighted by Crippen LogP contribution is 2.25. The predicted molar refractivity (Wildman–Crippen MR) is 168 cm³/mol. The molecular formula is C34H30N6O3. The van der Waals surface area contributed by atoms with Crippen molar-refractivity contribution in [3.8, 4) is 5.69 Å². The largest absolute Gasteiger partial charge is 0.393 e. The van der Waals surface area contributed by atoms with Crippen LogP contribution in [0.25, 0.3) is 22.7 Å². The molecule has 0 spiro atoms. The maximum atomic E-state index is 12.9. The molecule has 9 nitrogen and oxygen atoms in total. The number of carbonyl (C=O) groups excluding carboxylic acids is 2. The number of hydrogen-bond donors (Lipinski definition) is 3. The van der Waals surface area contributed by atoms with Crippen LogP contribution < -0.4 is 15.5 Å². The summed E-state index contributed by atoms with van der Waals surface area (Å²) in [5.74, 6) is -0.384. The van der Waals surface area contributed by atoms with Gasteiger partial charge in [0.25, 0.3) is 11.8 Å². The Morgan fingerprint density at radius 3 is 2.28 bits per heavy atom. The smallest absolute Gasteiger partial charge is 0.257 e. The van der Waals surface area contributed by atoms with Gasteiger partial charge in [0.15, 0.2) is 0 Å². The summed E-state index contributed by atoms with van der Waals surface area (Å²) in [4.78, 5) is 32.3. The van der Waals surface area contributed by atoms with E-state index >= 15 is 0 Å². The zero-order chi connectivity index (χ0) is 29.3. The van der Waals surface area contributed by atoms with Crippen LogP contribution in [0.4, 0.5) is 17.1 Å². The van der Waals surface area contributed by atoms with Crippen molar-refractivity contribution in [2.24, 2.45) is 0 Å². The summed E-state index contributed by atoms with van der Waals surface area (Å²) in [6.45, 7) is 1.62. The molecule has 5 aromatic rings. The van der Waals surface area contributed by atoms with E-state index in [2.05, 4.69) is 25.6 Å².